The minimum absolute atomic E-state index is 0.0836. The Labute approximate surface area is 254 Å². The maximum absolute atomic E-state index is 13.7. The lowest BCUT2D eigenvalue weighted by Gasteiger charge is -2.34. The van der Waals surface area contributed by atoms with E-state index in [1.54, 1.807) is 27.7 Å². The lowest BCUT2D eigenvalue weighted by atomic mass is 9.99. The predicted octanol–water partition coefficient (Wildman–Crippen LogP) is 3.47. The molecule has 2 aromatic carbocycles. The number of nitrogens with zero attached hydrogens (tertiary/aromatic N) is 2. The number of rotatable bonds is 19. The van der Waals surface area contributed by atoms with Crippen LogP contribution in [-0.4, -0.2) is 95.9 Å². The number of sulfonamides is 2. The van der Waals surface area contributed by atoms with Gasteiger partial charge < -0.3 is 14.2 Å². The fourth-order valence-electron chi connectivity index (χ4n) is 3.92. The summed E-state index contributed by atoms with van der Waals surface area (Å²) in [6.07, 6.45) is -1.28. The lowest BCUT2D eigenvalue weighted by molar-refractivity contribution is -0.318. The molecule has 0 aliphatic heterocycles. The van der Waals surface area contributed by atoms with Crippen LogP contribution in [0.15, 0.2) is 58.3 Å². The number of hydrogen-bond donors (Lipinski definition) is 2. The molecule has 0 radical (unpaired) electrons. The van der Waals surface area contributed by atoms with E-state index >= 15 is 0 Å². The van der Waals surface area contributed by atoms with E-state index in [2.05, 4.69) is 9.78 Å². The van der Waals surface area contributed by atoms with Gasteiger partial charge in [0.05, 0.1) is 42.8 Å². The summed E-state index contributed by atoms with van der Waals surface area (Å²) >= 11 is 0. The van der Waals surface area contributed by atoms with Crippen LogP contribution < -0.4 is 0 Å². The van der Waals surface area contributed by atoms with E-state index in [9.17, 15) is 27.4 Å². The second-order valence-corrected chi connectivity index (χ2v) is 14.7. The molecule has 0 aliphatic rings. The van der Waals surface area contributed by atoms with Crippen molar-refractivity contribution in [1.82, 2.24) is 8.61 Å². The van der Waals surface area contributed by atoms with Gasteiger partial charge in [0, 0.05) is 20.7 Å². The van der Waals surface area contributed by atoms with Crippen molar-refractivity contribution >= 4 is 20.0 Å². The van der Waals surface area contributed by atoms with Crippen molar-refractivity contribution in [2.75, 3.05) is 53.7 Å². The van der Waals surface area contributed by atoms with Crippen LogP contribution in [0.3, 0.4) is 0 Å². The first kappa shape index (κ1) is 37.2. The van der Waals surface area contributed by atoms with Crippen molar-refractivity contribution in [3.8, 4) is 0 Å². The van der Waals surface area contributed by atoms with Gasteiger partial charge in [-0.1, -0.05) is 24.3 Å². The molecule has 2 rings (SSSR count). The minimum Gasteiger partial charge on any atom is -0.379 e. The average Bonchev–Trinajstić information content (AvgIpc) is 2.99. The molecular formula is C28H44N2O11S2. The summed E-state index contributed by atoms with van der Waals surface area (Å²) in [5, 5.41) is 18.4. The Morgan fingerprint density at radius 3 is 1.35 bits per heavy atom. The van der Waals surface area contributed by atoms with Gasteiger partial charge in [-0.15, -0.1) is 0 Å². The second-order valence-electron chi connectivity index (χ2n) is 10.7. The molecule has 0 bridgehead atoms. The van der Waals surface area contributed by atoms with Crippen molar-refractivity contribution < 1.29 is 51.3 Å². The normalized spacial score (nSPS) is 13.4. The Balaban J connectivity index is 2.36. The molecule has 0 amide bonds. The molecule has 15 heteroatoms. The first-order valence-corrected chi connectivity index (χ1v) is 16.5. The molecule has 0 heterocycles. The van der Waals surface area contributed by atoms with Crippen LogP contribution >= 0.6 is 0 Å². The third-order valence-corrected chi connectivity index (χ3v) is 10.7. The molecule has 2 aromatic rings. The van der Waals surface area contributed by atoms with Gasteiger partial charge in [-0.05, 0) is 70.0 Å². The molecule has 0 atom stereocenters. The van der Waals surface area contributed by atoms with Gasteiger partial charge >= 0.3 is 0 Å². The molecule has 0 aromatic heterocycles. The summed E-state index contributed by atoms with van der Waals surface area (Å²) in [6, 6.07) is 11.4. The van der Waals surface area contributed by atoms with E-state index in [4.69, 9.17) is 14.2 Å². The van der Waals surface area contributed by atoms with Crippen molar-refractivity contribution in [3.05, 3.63) is 59.7 Å². The average molecular weight is 649 g/mol. The molecule has 0 unspecified atom stereocenters. The van der Waals surface area contributed by atoms with Gasteiger partial charge in [0.25, 0.3) is 0 Å². The summed E-state index contributed by atoms with van der Waals surface area (Å²) < 4.78 is 73.0. The van der Waals surface area contributed by atoms with Crippen LogP contribution in [0.5, 0.6) is 0 Å². The van der Waals surface area contributed by atoms with Crippen molar-refractivity contribution in [1.29, 1.82) is 0 Å². The molecule has 43 heavy (non-hydrogen) atoms. The molecule has 0 spiro atoms. The zero-order valence-corrected chi connectivity index (χ0v) is 27.4. The number of benzene rings is 2. The van der Waals surface area contributed by atoms with E-state index in [-0.39, 0.29) is 29.6 Å². The zero-order chi connectivity index (χ0) is 32.5. The number of hydrogen-bond acceptors (Lipinski definition) is 11. The van der Waals surface area contributed by atoms with E-state index in [0.29, 0.717) is 30.9 Å². The molecule has 13 nitrogen and oxygen atoms in total. The Hall–Kier alpha value is -2.02. The third-order valence-electron chi connectivity index (χ3n) is 6.96. The molecular weight excluding hydrogens is 604 g/mol. The Kier molecular flexibility index (Phi) is 13.7. The SMILES string of the molecule is CCOCCOCCOCC(N(C)S(=O)(=O)c1ccc(C(C)(C)OO)cc1)N(C)S(=O)(=O)c1ccc(C(C)(C)OO)cc1. The standard InChI is InChI=1S/C28H44N2O11S2/c1-8-37-17-18-38-19-20-39-21-26(29(6)42(33,34)24-13-9-22(10-14-24)27(2,3)40-31)30(7)43(35,36)25-15-11-23(12-16-25)28(4,5)41-32/h9-16,26,31-32H,8,17-21H2,1-7H3. The van der Waals surface area contributed by atoms with E-state index < -0.39 is 37.4 Å². The van der Waals surface area contributed by atoms with Crippen LogP contribution in [0, 0.1) is 0 Å². The maximum Gasteiger partial charge on any atom is 0.244 e. The fourth-order valence-corrected chi connectivity index (χ4v) is 6.65. The van der Waals surface area contributed by atoms with E-state index in [0.717, 1.165) is 8.61 Å². The summed E-state index contributed by atoms with van der Waals surface area (Å²) in [5.74, 6) is 0. The van der Waals surface area contributed by atoms with E-state index in [1.165, 1.54) is 62.6 Å². The lowest BCUT2D eigenvalue weighted by Crippen LogP contribution is -2.52. The van der Waals surface area contributed by atoms with Crippen molar-refractivity contribution in [3.63, 3.8) is 0 Å². The summed E-state index contributed by atoms with van der Waals surface area (Å²) in [7, 11) is -5.92. The van der Waals surface area contributed by atoms with Gasteiger partial charge in [0.2, 0.25) is 20.0 Å². The summed E-state index contributed by atoms with van der Waals surface area (Å²) in [5.41, 5.74) is -1.09. The van der Waals surface area contributed by atoms with Crippen LogP contribution in [0.25, 0.3) is 0 Å². The third kappa shape index (κ3) is 9.48. The van der Waals surface area contributed by atoms with Crippen LogP contribution in [0.4, 0.5) is 0 Å². The highest BCUT2D eigenvalue weighted by molar-refractivity contribution is 7.90. The highest BCUT2D eigenvalue weighted by atomic mass is 32.2. The molecule has 0 fully saturated rings. The van der Waals surface area contributed by atoms with Gasteiger partial charge in [0.1, 0.15) is 17.4 Å². The van der Waals surface area contributed by atoms with Crippen LogP contribution in [-0.2, 0) is 55.2 Å². The first-order chi connectivity index (χ1) is 20.1. The summed E-state index contributed by atoms with van der Waals surface area (Å²) in [4.78, 5) is 8.77. The monoisotopic (exact) mass is 648 g/mol. The number of likely N-dealkylation sites (N-methyl/N-ethyl adjacent to an activating group) is 2. The quantitative estimate of drug-likeness (QED) is 0.0993. The zero-order valence-electron chi connectivity index (χ0n) is 25.7. The van der Waals surface area contributed by atoms with Crippen LogP contribution in [0.1, 0.15) is 45.7 Å². The molecule has 244 valence electrons. The Bertz CT molecular complexity index is 1250. The highest BCUT2D eigenvalue weighted by Gasteiger charge is 2.37. The largest absolute Gasteiger partial charge is 0.379 e. The van der Waals surface area contributed by atoms with Gasteiger partial charge in [-0.25, -0.2) is 26.6 Å². The first-order valence-electron chi connectivity index (χ1n) is 13.6. The molecule has 0 saturated heterocycles. The van der Waals surface area contributed by atoms with Crippen molar-refractivity contribution in [2.24, 2.45) is 0 Å². The highest BCUT2D eigenvalue weighted by Crippen LogP contribution is 2.29. The smallest absolute Gasteiger partial charge is 0.244 e. The summed E-state index contributed by atoms with van der Waals surface area (Å²) in [6.45, 7) is 9.63. The van der Waals surface area contributed by atoms with Gasteiger partial charge in [-0.2, -0.15) is 8.61 Å². The maximum atomic E-state index is 13.7. The Morgan fingerprint density at radius 1 is 0.651 bits per heavy atom. The van der Waals surface area contributed by atoms with E-state index in [1.807, 2.05) is 6.92 Å². The fraction of sp³-hybridized carbons (Fsp3) is 0.571. The topological polar surface area (TPSA) is 161 Å². The Morgan fingerprint density at radius 2 is 1.00 bits per heavy atom. The molecule has 0 aliphatic carbocycles. The second kappa shape index (κ2) is 15.8. The number of ether oxygens (including phenoxy) is 3. The minimum atomic E-state index is -4.23. The van der Waals surface area contributed by atoms with Gasteiger partial charge in [0.15, 0.2) is 0 Å². The van der Waals surface area contributed by atoms with Crippen LogP contribution in [0.2, 0.25) is 0 Å². The van der Waals surface area contributed by atoms with Crippen molar-refractivity contribution in [2.45, 2.75) is 61.8 Å². The van der Waals surface area contributed by atoms with Gasteiger partial charge in [-0.3, -0.25) is 10.5 Å². The molecule has 2 N–H and O–H groups in total. The predicted molar refractivity (Wildman–Crippen MR) is 158 cm³/mol. The molecule has 0 saturated carbocycles.